The van der Waals surface area contributed by atoms with Gasteiger partial charge in [-0.25, -0.2) is 8.78 Å². The van der Waals surface area contributed by atoms with Gasteiger partial charge in [-0.1, -0.05) is 0 Å². The molecular weight excluding hydrogens is 250 g/mol. The van der Waals surface area contributed by atoms with Gasteiger partial charge in [0.1, 0.15) is 6.07 Å². The van der Waals surface area contributed by atoms with Crippen molar-refractivity contribution in [2.75, 3.05) is 24.6 Å². The van der Waals surface area contributed by atoms with Crippen molar-refractivity contribution in [1.82, 2.24) is 0 Å². The predicted octanol–water partition coefficient (Wildman–Crippen LogP) is 2.84. The van der Waals surface area contributed by atoms with Crippen LogP contribution in [0, 0.1) is 23.0 Å². The Morgan fingerprint density at radius 3 is 2.89 bits per heavy atom. The van der Waals surface area contributed by atoms with Crippen LogP contribution in [0.3, 0.4) is 0 Å². The van der Waals surface area contributed by atoms with Gasteiger partial charge in [0.15, 0.2) is 11.6 Å². The summed E-state index contributed by atoms with van der Waals surface area (Å²) < 4.78 is 33.1. The lowest BCUT2D eigenvalue weighted by atomic mass is 10.1. The maximum absolute atomic E-state index is 13.9. The molecule has 0 amide bonds. The lowest BCUT2D eigenvalue weighted by molar-refractivity contribution is 0.0525. The Morgan fingerprint density at radius 2 is 2.21 bits per heavy atom. The number of rotatable bonds is 3. The molecule has 2 rings (SSSR count). The predicted molar refractivity (Wildman–Crippen MR) is 67.9 cm³/mol. The fraction of sp³-hybridized carbons (Fsp3) is 0.500. The maximum atomic E-state index is 13.9. The Kier molecular flexibility index (Phi) is 4.33. The largest absolute Gasteiger partial charge is 0.377 e. The van der Waals surface area contributed by atoms with Gasteiger partial charge in [-0.2, -0.15) is 5.26 Å². The van der Waals surface area contributed by atoms with E-state index >= 15 is 0 Å². The van der Waals surface area contributed by atoms with Gasteiger partial charge in [0, 0.05) is 19.7 Å². The van der Waals surface area contributed by atoms with E-state index in [1.165, 1.54) is 12.1 Å². The number of nitrogens with zero attached hydrogens (tertiary/aromatic N) is 2. The molecule has 1 aliphatic heterocycles. The summed E-state index contributed by atoms with van der Waals surface area (Å²) in [5.74, 6) is -2.02. The Morgan fingerprint density at radius 1 is 1.42 bits per heavy atom. The number of anilines is 1. The van der Waals surface area contributed by atoms with Crippen LogP contribution in [0.5, 0.6) is 0 Å². The molecule has 0 saturated carbocycles. The number of nitriles is 1. The molecule has 1 fully saturated rings. The van der Waals surface area contributed by atoms with Crippen molar-refractivity contribution in [3.63, 3.8) is 0 Å². The van der Waals surface area contributed by atoms with Crippen molar-refractivity contribution in [2.24, 2.45) is 0 Å². The molecule has 0 spiro atoms. The van der Waals surface area contributed by atoms with Gasteiger partial charge in [-0.3, -0.25) is 0 Å². The Hall–Kier alpha value is -1.67. The first-order valence-corrected chi connectivity index (χ1v) is 6.42. The molecule has 1 aromatic carbocycles. The molecule has 1 unspecified atom stereocenters. The smallest absolute Gasteiger partial charge is 0.183 e. The minimum atomic E-state index is -1.07. The highest BCUT2D eigenvalue weighted by Gasteiger charge is 2.24. The molecule has 0 aliphatic carbocycles. The molecule has 0 N–H and O–H groups in total. The molecule has 1 aliphatic rings. The van der Waals surface area contributed by atoms with Gasteiger partial charge in [-0.05, 0) is 31.9 Å². The van der Waals surface area contributed by atoms with E-state index < -0.39 is 11.6 Å². The van der Waals surface area contributed by atoms with E-state index in [2.05, 4.69) is 0 Å². The van der Waals surface area contributed by atoms with Crippen LogP contribution >= 0.6 is 0 Å². The first-order valence-electron chi connectivity index (χ1n) is 6.42. The summed E-state index contributed by atoms with van der Waals surface area (Å²) in [5, 5.41) is 8.67. The van der Waals surface area contributed by atoms with Crippen LogP contribution in [0.2, 0.25) is 0 Å². The molecule has 3 nitrogen and oxygen atoms in total. The van der Waals surface area contributed by atoms with Gasteiger partial charge in [0.2, 0.25) is 0 Å². The van der Waals surface area contributed by atoms with Crippen LogP contribution < -0.4 is 4.90 Å². The van der Waals surface area contributed by atoms with Crippen LogP contribution in [0.1, 0.15) is 25.3 Å². The molecular formula is C14H16F2N2O. The Labute approximate surface area is 111 Å². The van der Waals surface area contributed by atoms with Crippen LogP contribution in [0.25, 0.3) is 0 Å². The molecule has 1 heterocycles. The lowest BCUT2D eigenvalue weighted by Gasteiger charge is -2.34. The van der Waals surface area contributed by atoms with Crippen molar-refractivity contribution in [3.05, 3.63) is 29.3 Å². The van der Waals surface area contributed by atoms with Crippen LogP contribution in [-0.4, -0.2) is 25.8 Å². The van der Waals surface area contributed by atoms with E-state index in [9.17, 15) is 8.78 Å². The van der Waals surface area contributed by atoms with E-state index in [4.69, 9.17) is 10.00 Å². The topological polar surface area (TPSA) is 36.3 Å². The van der Waals surface area contributed by atoms with Gasteiger partial charge >= 0.3 is 0 Å². The van der Waals surface area contributed by atoms with Crippen LogP contribution in [0.4, 0.5) is 14.5 Å². The standard InChI is InChI=1S/C14H16F2N2O/c1-2-19-11-4-3-7-18(9-11)12-6-5-10(8-17)13(15)14(12)16/h5-6,11H,2-4,7,9H2,1H3. The second kappa shape index (κ2) is 5.98. The molecule has 5 heteroatoms. The fourth-order valence-electron chi connectivity index (χ4n) is 2.40. The zero-order chi connectivity index (χ0) is 13.8. The minimum Gasteiger partial charge on any atom is -0.377 e. The molecule has 0 radical (unpaired) electrons. The van der Waals surface area contributed by atoms with E-state index in [0.717, 1.165) is 12.8 Å². The van der Waals surface area contributed by atoms with Crippen molar-refractivity contribution in [3.8, 4) is 6.07 Å². The molecule has 102 valence electrons. The molecule has 19 heavy (non-hydrogen) atoms. The van der Waals surface area contributed by atoms with Crippen molar-refractivity contribution >= 4 is 5.69 Å². The summed E-state index contributed by atoms with van der Waals surface area (Å²) in [7, 11) is 0. The van der Waals surface area contributed by atoms with Crippen LogP contribution in [0.15, 0.2) is 12.1 Å². The average Bonchev–Trinajstić information content (AvgIpc) is 2.42. The highest BCUT2D eigenvalue weighted by atomic mass is 19.2. The van der Waals surface area contributed by atoms with Gasteiger partial charge in [0.05, 0.1) is 17.4 Å². The third kappa shape index (κ3) is 2.85. The third-order valence-electron chi connectivity index (χ3n) is 3.30. The molecule has 1 atom stereocenters. The molecule has 0 aromatic heterocycles. The first kappa shape index (κ1) is 13.8. The molecule has 1 saturated heterocycles. The Bertz CT molecular complexity index is 497. The monoisotopic (exact) mass is 266 g/mol. The fourth-order valence-corrected chi connectivity index (χ4v) is 2.40. The van der Waals surface area contributed by atoms with Gasteiger partial charge in [0.25, 0.3) is 0 Å². The first-order chi connectivity index (χ1) is 9.17. The summed E-state index contributed by atoms with van der Waals surface area (Å²) >= 11 is 0. The number of piperidine rings is 1. The number of halogens is 2. The number of benzene rings is 1. The van der Waals surface area contributed by atoms with E-state index in [1.807, 2.05) is 6.92 Å². The number of hydrogen-bond acceptors (Lipinski definition) is 3. The number of ether oxygens (including phenoxy) is 1. The third-order valence-corrected chi connectivity index (χ3v) is 3.30. The SMILES string of the molecule is CCOC1CCCN(c2ccc(C#N)c(F)c2F)C1. The summed E-state index contributed by atoms with van der Waals surface area (Å²) in [6.45, 7) is 3.76. The summed E-state index contributed by atoms with van der Waals surface area (Å²) in [6, 6.07) is 4.42. The zero-order valence-electron chi connectivity index (χ0n) is 10.8. The molecule has 1 aromatic rings. The van der Waals surface area contributed by atoms with Crippen molar-refractivity contribution in [2.45, 2.75) is 25.9 Å². The van der Waals surface area contributed by atoms with Crippen molar-refractivity contribution < 1.29 is 13.5 Å². The molecule has 0 bridgehead atoms. The quantitative estimate of drug-likeness (QED) is 0.844. The van der Waals surface area contributed by atoms with E-state index in [0.29, 0.717) is 19.7 Å². The van der Waals surface area contributed by atoms with E-state index in [-0.39, 0.29) is 17.4 Å². The second-order valence-electron chi connectivity index (χ2n) is 4.54. The Balaban J connectivity index is 2.22. The van der Waals surface area contributed by atoms with Crippen LogP contribution in [-0.2, 0) is 4.74 Å². The summed E-state index contributed by atoms with van der Waals surface area (Å²) in [6.07, 6.45) is 1.87. The normalized spacial score (nSPS) is 19.3. The second-order valence-corrected chi connectivity index (χ2v) is 4.54. The zero-order valence-corrected chi connectivity index (χ0v) is 10.8. The number of hydrogen-bond donors (Lipinski definition) is 0. The summed E-state index contributed by atoms with van der Waals surface area (Å²) in [5.41, 5.74) is -0.0551. The van der Waals surface area contributed by atoms with Gasteiger partial charge < -0.3 is 9.64 Å². The highest BCUT2D eigenvalue weighted by molar-refractivity contribution is 5.52. The van der Waals surface area contributed by atoms with Gasteiger partial charge in [-0.15, -0.1) is 0 Å². The lowest BCUT2D eigenvalue weighted by Crippen LogP contribution is -2.40. The minimum absolute atomic E-state index is 0.0526. The average molecular weight is 266 g/mol. The highest BCUT2D eigenvalue weighted by Crippen LogP contribution is 2.27. The van der Waals surface area contributed by atoms with E-state index in [1.54, 1.807) is 11.0 Å². The summed E-state index contributed by atoms with van der Waals surface area (Å²) in [4.78, 5) is 1.78. The maximum Gasteiger partial charge on any atom is 0.183 e. The van der Waals surface area contributed by atoms with Crippen molar-refractivity contribution in [1.29, 1.82) is 5.26 Å².